The zero-order valence-corrected chi connectivity index (χ0v) is 8.89. The topological polar surface area (TPSA) is 51.8 Å². The summed E-state index contributed by atoms with van der Waals surface area (Å²) in [5, 5.41) is 7.47. The monoisotopic (exact) mass is 217 g/mol. The van der Waals surface area contributed by atoms with Crippen molar-refractivity contribution in [1.29, 1.82) is 0 Å². The third-order valence-electron chi connectivity index (χ3n) is 2.53. The number of hydrogen-bond donors (Lipinski definition) is 1. The highest BCUT2D eigenvalue weighted by molar-refractivity contribution is 5.35. The summed E-state index contributed by atoms with van der Waals surface area (Å²) in [6, 6.07) is 6.10. The van der Waals surface area contributed by atoms with Crippen molar-refractivity contribution in [2.45, 2.75) is 13.0 Å². The summed E-state index contributed by atoms with van der Waals surface area (Å²) in [6.45, 7) is 1.84. The smallest absolute Gasteiger partial charge is 0.123 e. The third-order valence-corrected chi connectivity index (χ3v) is 2.53. The van der Waals surface area contributed by atoms with Crippen LogP contribution in [0, 0.1) is 12.7 Å². The fourth-order valence-electron chi connectivity index (χ4n) is 1.65. The molecule has 4 heteroatoms. The minimum Gasteiger partial charge on any atom is -0.320 e. The fraction of sp³-hybridized carbons (Fsp3) is 0.167. The summed E-state index contributed by atoms with van der Waals surface area (Å²) in [6.07, 6.45) is 3.21. The van der Waals surface area contributed by atoms with Crippen LogP contribution in [0.2, 0.25) is 0 Å². The standard InChI is InChI=1S/C12H12FN3/c1-8-6-10(13)2-3-11(8)12(14)9-4-5-15-16-7-9/h2-7,12H,14H2,1H3. The molecule has 2 N–H and O–H groups in total. The lowest BCUT2D eigenvalue weighted by atomic mass is 9.97. The minimum absolute atomic E-state index is 0.249. The van der Waals surface area contributed by atoms with Crippen LogP contribution in [0.15, 0.2) is 36.7 Å². The van der Waals surface area contributed by atoms with E-state index in [2.05, 4.69) is 10.2 Å². The molecule has 16 heavy (non-hydrogen) atoms. The molecule has 1 heterocycles. The SMILES string of the molecule is Cc1cc(F)ccc1C(N)c1ccnnc1. The van der Waals surface area contributed by atoms with E-state index in [4.69, 9.17) is 5.73 Å². The van der Waals surface area contributed by atoms with Gasteiger partial charge in [0.2, 0.25) is 0 Å². The first-order valence-electron chi connectivity index (χ1n) is 4.96. The van der Waals surface area contributed by atoms with E-state index in [1.165, 1.54) is 12.1 Å². The van der Waals surface area contributed by atoms with E-state index < -0.39 is 0 Å². The van der Waals surface area contributed by atoms with Gasteiger partial charge in [0.1, 0.15) is 5.82 Å². The summed E-state index contributed by atoms with van der Waals surface area (Å²) in [5.74, 6) is -0.249. The van der Waals surface area contributed by atoms with Crippen LogP contribution in [-0.4, -0.2) is 10.2 Å². The molecule has 0 saturated heterocycles. The molecular weight excluding hydrogens is 205 g/mol. The number of nitrogens with zero attached hydrogens (tertiary/aromatic N) is 2. The van der Waals surface area contributed by atoms with Crippen LogP contribution < -0.4 is 5.73 Å². The largest absolute Gasteiger partial charge is 0.320 e. The van der Waals surface area contributed by atoms with E-state index in [1.54, 1.807) is 24.5 Å². The molecule has 0 fully saturated rings. The van der Waals surface area contributed by atoms with Crippen molar-refractivity contribution in [1.82, 2.24) is 10.2 Å². The van der Waals surface area contributed by atoms with Crippen molar-refractivity contribution in [2.24, 2.45) is 5.73 Å². The molecule has 0 aliphatic rings. The highest BCUT2D eigenvalue weighted by Crippen LogP contribution is 2.22. The molecule has 0 saturated carbocycles. The Morgan fingerprint density at radius 1 is 1.25 bits per heavy atom. The fourth-order valence-corrected chi connectivity index (χ4v) is 1.65. The van der Waals surface area contributed by atoms with Gasteiger partial charge in [-0.25, -0.2) is 4.39 Å². The molecule has 1 aromatic heterocycles. The highest BCUT2D eigenvalue weighted by atomic mass is 19.1. The summed E-state index contributed by atoms with van der Waals surface area (Å²) >= 11 is 0. The molecule has 0 amide bonds. The van der Waals surface area contributed by atoms with Gasteiger partial charge in [0.05, 0.1) is 12.2 Å². The van der Waals surface area contributed by atoms with E-state index in [0.717, 1.165) is 16.7 Å². The molecule has 1 aromatic carbocycles. The number of hydrogen-bond acceptors (Lipinski definition) is 3. The second-order valence-electron chi connectivity index (χ2n) is 3.65. The maximum absolute atomic E-state index is 13.0. The normalized spacial score (nSPS) is 12.4. The van der Waals surface area contributed by atoms with Gasteiger partial charge < -0.3 is 5.73 Å². The summed E-state index contributed by atoms with van der Waals surface area (Å²) in [7, 11) is 0. The molecule has 0 aliphatic carbocycles. The summed E-state index contributed by atoms with van der Waals surface area (Å²) in [4.78, 5) is 0. The summed E-state index contributed by atoms with van der Waals surface area (Å²) in [5.41, 5.74) is 8.68. The quantitative estimate of drug-likeness (QED) is 0.836. The number of halogens is 1. The predicted octanol–water partition coefficient (Wildman–Crippen LogP) is 1.97. The van der Waals surface area contributed by atoms with Gasteiger partial charge in [-0.05, 0) is 41.8 Å². The van der Waals surface area contributed by atoms with Crippen molar-refractivity contribution in [3.05, 3.63) is 59.2 Å². The van der Waals surface area contributed by atoms with Gasteiger partial charge in [-0.3, -0.25) is 0 Å². The van der Waals surface area contributed by atoms with Crippen LogP contribution in [0.1, 0.15) is 22.7 Å². The summed E-state index contributed by atoms with van der Waals surface area (Å²) < 4.78 is 13.0. The third kappa shape index (κ3) is 2.06. The van der Waals surface area contributed by atoms with Gasteiger partial charge in [0, 0.05) is 6.20 Å². The number of aryl methyl sites for hydroxylation is 1. The number of benzene rings is 1. The molecule has 0 spiro atoms. The lowest BCUT2D eigenvalue weighted by molar-refractivity contribution is 0.624. The van der Waals surface area contributed by atoms with Crippen molar-refractivity contribution >= 4 is 0 Å². The Bertz CT molecular complexity index is 485. The maximum atomic E-state index is 13.0. The Hall–Kier alpha value is -1.81. The van der Waals surface area contributed by atoms with E-state index in [-0.39, 0.29) is 11.9 Å². The Morgan fingerprint density at radius 3 is 2.69 bits per heavy atom. The van der Waals surface area contributed by atoms with Crippen molar-refractivity contribution in [2.75, 3.05) is 0 Å². The number of aromatic nitrogens is 2. The Labute approximate surface area is 93.1 Å². The van der Waals surface area contributed by atoms with Crippen LogP contribution in [0.4, 0.5) is 4.39 Å². The van der Waals surface area contributed by atoms with Gasteiger partial charge in [0.25, 0.3) is 0 Å². The van der Waals surface area contributed by atoms with Crippen LogP contribution in [0.5, 0.6) is 0 Å². The molecule has 0 bridgehead atoms. The Balaban J connectivity index is 2.38. The molecule has 0 aliphatic heterocycles. The number of nitrogens with two attached hydrogens (primary N) is 1. The second kappa shape index (κ2) is 4.37. The molecule has 3 nitrogen and oxygen atoms in total. The van der Waals surface area contributed by atoms with E-state index in [9.17, 15) is 4.39 Å². The Morgan fingerprint density at radius 2 is 2.06 bits per heavy atom. The molecule has 2 aromatic rings. The molecule has 1 atom stereocenters. The van der Waals surface area contributed by atoms with Gasteiger partial charge in [-0.2, -0.15) is 10.2 Å². The molecular formula is C12H12FN3. The Kier molecular flexibility index (Phi) is 2.92. The van der Waals surface area contributed by atoms with Crippen molar-refractivity contribution in [3.8, 4) is 0 Å². The van der Waals surface area contributed by atoms with Gasteiger partial charge >= 0.3 is 0 Å². The van der Waals surface area contributed by atoms with Crippen LogP contribution in [-0.2, 0) is 0 Å². The highest BCUT2D eigenvalue weighted by Gasteiger charge is 2.11. The average Bonchev–Trinajstić information content (AvgIpc) is 2.29. The zero-order valence-electron chi connectivity index (χ0n) is 8.89. The van der Waals surface area contributed by atoms with Crippen molar-refractivity contribution in [3.63, 3.8) is 0 Å². The molecule has 2 rings (SSSR count). The predicted molar refractivity (Wildman–Crippen MR) is 59.2 cm³/mol. The zero-order chi connectivity index (χ0) is 11.5. The second-order valence-corrected chi connectivity index (χ2v) is 3.65. The van der Waals surface area contributed by atoms with E-state index in [1.807, 2.05) is 6.92 Å². The number of rotatable bonds is 2. The van der Waals surface area contributed by atoms with Gasteiger partial charge in [-0.15, -0.1) is 0 Å². The first-order chi connectivity index (χ1) is 7.68. The average molecular weight is 217 g/mol. The molecule has 82 valence electrons. The maximum Gasteiger partial charge on any atom is 0.123 e. The first-order valence-corrected chi connectivity index (χ1v) is 4.96. The van der Waals surface area contributed by atoms with E-state index in [0.29, 0.717) is 0 Å². The molecule has 0 radical (unpaired) electrons. The van der Waals surface area contributed by atoms with Gasteiger partial charge in [-0.1, -0.05) is 6.07 Å². The molecule has 1 unspecified atom stereocenters. The van der Waals surface area contributed by atoms with Gasteiger partial charge in [0.15, 0.2) is 0 Å². The van der Waals surface area contributed by atoms with Crippen LogP contribution in [0.3, 0.4) is 0 Å². The van der Waals surface area contributed by atoms with Crippen molar-refractivity contribution < 1.29 is 4.39 Å². The minimum atomic E-state index is -0.295. The lowest BCUT2D eigenvalue weighted by Gasteiger charge is -2.14. The van der Waals surface area contributed by atoms with Crippen LogP contribution in [0.25, 0.3) is 0 Å². The van der Waals surface area contributed by atoms with E-state index >= 15 is 0 Å². The first kappa shape index (κ1) is 10.7. The lowest BCUT2D eigenvalue weighted by Crippen LogP contribution is -2.13. The van der Waals surface area contributed by atoms with Crippen LogP contribution >= 0.6 is 0 Å².